The second kappa shape index (κ2) is 6.06. The van der Waals surface area contributed by atoms with Gasteiger partial charge in [0, 0.05) is 18.3 Å². The van der Waals surface area contributed by atoms with Gasteiger partial charge >= 0.3 is 6.03 Å². The number of amides is 2. The van der Waals surface area contributed by atoms with Gasteiger partial charge in [0.05, 0.1) is 6.10 Å². The number of hydrogen-bond donors (Lipinski definition) is 2. The van der Waals surface area contributed by atoms with Crippen LogP contribution in [0.15, 0.2) is 24.3 Å². The molecule has 3 unspecified atom stereocenters. The first-order valence-electron chi connectivity index (χ1n) is 8.01. The number of anilines is 1. The van der Waals surface area contributed by atoms with E-state index in [2.05, 4.69) is 5.32 Å². The number of nitrogens with one attached hydrogen (secondary N) is 1. The highest BCUT2D eigenvalue weighted by Crippen LogP contribution is 2.36. The van der Waals surface area contributed by atoms with Gasteiger partial charge in [0.1, 0.15) is 0 Å². The van der Waals surface area contributed by atoms with E-state index in [1.165, 1.54) is 19.3 Å². The molecule has 1 heterocycles. The topological polar surface area (TPSA) is 52.6 Å². The summed E-state index contributed by atoms with van der Waals surface area (Å²) in [4.78, 5) is 14.5. The molecule has 2 amide bonds. The molecular formula is C17H24N2O2. The van der Waals surface area contributed by atoms with Crippen LogP contribution in [0.4, 0.5) is 10.5 Å². The molecule has 0 radical (unpaired) electrons. The standard InChI is InChI=1S/C17H24N2O2/c1-12(20)14-6-4-7-15(11-14)18-17(21)19-10-9-13-5-2-3-8-16(13)19/h4,6-7,11-13,16,20H,2-3,5,8-10H2,1H3,(H,18,21). The molecule has 0 spiro atoms. The van der Waals surface area contributed by atoms with Crippen molar-refractivity contribution in [2.75, 3.05) is 11.9 Å². The van der Waals surface area contributed by atoms with Gasteiger partial charge in [-0.3, -0.25) is 0 Å². The smallest absolute Gasteiger partial charge is 0.322 e. The number of rotatable bonds is 2. The summed E-state index contributed by atoms with van der Waals surface area (Å²) in [5.41, 5.74) is 1.59. The number of carbonyl (C=O) groups excluding carboxylic acids is 1. The number of urea groups is 1. The van der Waals surface area contributed by atoms with E-state index < -0.39 is 6.10 Å². The van der Waals surface area contributed by atoms with Gasteiger partial charge in [-0.1, -0.05) is 25.0 Å². The number of aliphatic hydroxyl groups excluding tert-OH is 1. The lowest BCUT2D eigenvalue weighted by atomic mass is 9.85. The first-order valence-corrected chi connectivity index (χ1v) is 8.01. The number of aliphatic hydroxyl groups is 1. The Morgan fingerprint density at radius 2 is 2.14 bits per heavy atom. The Morgan fingerprint density at radius 3 is 2.95 bits per heavy atom. The van der Waals surface area contributed by atoms with Gasteiger partial charge in [0.15, 0.2) is 0 Å². The van der Waals surface area contributed by atoms with Crippen molar-refractivity contribution in [1.29, 1.82) is 0 Å². The van der Waals surface area contributed by atoms with E-state index in [0.717, 1.165) is 30.6 Å². The fourth-order valence-electron chi connectivity index (χ4n) is 3.73. The summed E-state index contributed by atoms with van der Waals surface area (Å²) in [6.45, 7) is 2.60. The van der Waals surface area contributed by atoms with Crippen molar-refractivity contribution in [3.63, 3.8) is 0 Å². The molecule has 0 aromatic heterocycles. The Kier molecular flexibility index (Phi) is 4.15. The number of benzene rings is 1. The van der Waals surface area contributed by atoms with Crippen molar-refractivity contribution >= 4 is 11.7 Å². The summed E-state index contributed by atoms with van der Waals surface area (Å²) < 4.78 is 0. The zero-order valence-electron chi connectivity index (χ0n) is 12.6. The van der Waals surface area contributed by atoms with E-state index >= 15 is 0 Å². The van der Waals surface area contributed by atoms with Crippen LogP contribution in [0.2, 0.25) is 0 Å². The number of carbonyl (C=O) groups is 1. The fourth-order valence-corrected chi connectivity index (χ4v) is 3.73. The molecule has 4 nitrogen and oxygen atoms in total. The lowest BCUT2D eigenvalue weighted by Crippen LogP contribution is -2.41. The fraction of sp³-hybridized carbons (Fsp3) is 0.588. The van der Waals surface area contributed by atoms with Gasteiger partial charge in [-0.25, -0.2) is 4.79 Å². The Balaban J connectivity index is 1.67. The average Bonchev–Trinajstić information content (AvgIpc) is 2.91. The molecule has 4 heteroatoms. The van der Waals surface area contributed by atoms with Gasteiger partial charge in [-0.15, -0.1) is 0 Å². The van der Waals surface area contributed by atoms with E-state index in [1.807, 2.05) is 29.2 Å². The van der Waals surface area contributed by atoms with E-state index in [1.54, 1.807) is 6.92 Å². The highest BCUT2D eigenvalue weighted by atomic mass is 16.3. The van der Waals surface area contributed by atoms with Crippen LogP contribution in [-0.4, -0.2) is 28.6 Å². The molecule has 1 saturated heterocycles. The molecule has 1 aromatic carbocycles. The maximum Gasteiger partial charge on any atom is 0.322 e. The Bertz CT molecular complexity index is 515. The third-order valence-electron chi connectivity index (χ3n) is 4.89. The molecule has 1 aliphatic carbocycles. The minimum absolute atomic E-state index is 0.00661. The Labute approximate surface area is 126 Å². The maximum absolute atomic E-state index is 12.5. The molecule has 3 atom stereocenters. The van der Waals surface area contributed by atoms with Crippen molar-refractivity contribution < 1.29 is 9.90 Å². The number of fused-ring (bicyclic) bond motifs is 1. The molecule has 1 aromatic rings. The van der Waals surface area contributed by atoms with Crippen molar-refractivity contribution in [3.8, 4) is 0 Å². The van der Waals surface area contributed by atoms with E-state index in [-0.39, 0.29) is 6.03 Å². The van der Waals surface area contributed by atoms with Crippen molar-refractivity contribution in [1.82, 2.24) is 4.90 Å². The predicted octanol–water partition coefficient (Wildman–Crippen LogP) is 3.54. The number of likely N-dealkylation sites (tertiary alicyclic amines) is 1. The summed E-state index contributed by atoms with van der Waals surface area (Å²) in [6, 6.07) is 7.89. The van der Waals surface area contributed by atoms with E-state index in [0.29, 0.717) is 12.0 Å². The highest BCUT2D eigenvalue weighted by Gasteiger charge is 2.38. The zero-order chi connectivity index (χ0) is 14.8. The summed E-state index contributed by atoms with van der Waals surface area (Å²) in [7, 11) is 0. The molecule has 2 N–H and O–H groups in total. The van der Waals surface area contributed by atoms with E-state index in [9.17, 15) is 9.90 Å². The molecule has 0 bridgehead atoms. The lowest BCUT2D eigenvalue weighted by molar-refractivity contribution is 0.181. The van der Waals surface area contributed by atoms with Crippen molar-refractivity contribution in [3.05, 3.63) is 29.8 Å². The minimum atomic E-state index is -0.517. The van der Waals surface area contributed by atoms with Gasteiger partial charge in [-0.2, -0.15) is 0 Å². The number of hydrogen-bond acceptors (Lipinski definition) is 2. The summed E-state index contributed by atoms with van der Waals surface area (Å²) in [6.07, 6.45) is 5.59. The van der Waals surface area contributed by atoms with Gasteiger partial charge in [-0.05, 0) is 49.8 Å². The molecule has 21 heavy (non-hydrogen) atoms. The van der Waals surface area contributed by atoms with Crippen LogP contribution in [0.25, 0.3) is 0 Å². The maximum atomic E-state index is 12.5. The third-order valence-corrected chi connectivity index (χ3v) is 4.89. The van der Waals surface area contributed by atoms with E-state index in [4.69, 9.17) is 0 Å². The van der Waals surface area contributed by atoms with Crippen LogP contribution < -0.4 is 5.32 Å². The summed E-state index contributed by atoms with van der Waals surface area (Å²) >= 11 is 0. The summed E-state index contributed by atoms with van der Waals surface area (Å²) in [5.74, 6) is 0.702. The average molecular weight is 288 g/mol. The molecule has 2 aliphatic rings. The SMILES string of the molecule is CC(O)c1cccc(NC(=O)N2CCC3CCCCC32)c1. The van der Waals surface area contributed by atoms with Gasteiger partial charge in [0.2, 0.25) is 0 Å². The molecule has 3 rings (SSSR count). The Morgan fingerprint density at radius 1 is 1.33 bits per heavy atom. The predicted molar refractivity (Wildman–Crippen MR) is 83.2 cm³/mol. The van der Waals surface area contributed by atoms with Crippen LogP contribution >= 0.6 is 0 Å². The third kappa shape index (κ3) is 3.05. The monoisotopic (exact) mass is 288 g/mol. The van der Waals surface area contributed by atoms with Gasteiger partial charge < -0.3 is 15.3 Å². The second-order valence-corrected chi connectivity index (χ2v) is 6.33. The normalized spacial score (nSPS) is 26.3. The first kappa shape index (κ1) is 14.4. The minimum Gasteiger partial charge on any atom is -0.389 e. The van der Waals surface area contributed by atoms with Crippen LogP contribution in [-0.2, 0) is 0 Å². The largest absolute Gasteiger partial charge is 0.389 e. The number of nitrogens with zero attached hydrogens (tertiary/aromatic N) is 1. The summed E-state index contributed by atoms with van der Waals surface area (Å²) in [5, 5.41) is 12.6. The van der Waals surface area contributed by atoms with Crippen molar-refractivity contribution in [2.24, 2.45) is 5.92 Å². The molecule has 2 fully saturated rings. The van der Waals surface area contributed by atoms with Crippen LogP contribution in [0.5, 0.6) is 0 Å². The Hall–Kier alpha value is -1.55. The first-order chi connectivity index (χ1) is 10.1. The highest BCUT2D eigenvalue weighted by molar-refractivity contribution is 5.89. The quantitative estimate of drug-likeness (QED) is 0.874. The zero-order valence-corrected chi connectivity index (χ0v) is 12.6. The van der Waals surface area contributed by atoms with Crippen LogP contribution in [0.1, 0.15) is 50.7 Å². The van der Waals surface area contributed by atoms with Crippen LogP contribution in [0, 0.1) is 5.92 Å². The molecular weight excluding hydrogens is 264 g/mol. The van der Waals surface area contributed by atoms with Crippen molar-refractivity contribution in [2.45, 2.75) is 51.2 Å². The van der Waals surface area contributed by atoms with Crippen LogP contribution in [0.3, 0.4) is 0 Å². The lowest BCUT2D eigenvalue weighted by Gasteiger charge is -2.31. The second-order valence-electron chi connectivity index (χ2n) is 6.33. The molecule has 114 valence electrons. The molecule has 1 aliphatic heterocycles. The van der Waals surface area contributed by atoms with Gasteiger partial charge in [0.25, 0.3) is 0 Å². The molecule has 1 saturated carbocycles.